The van der Waals surface area contributed by atoms with Crippen molar-refractivity contribution in [2.24, 2.45) is 0 Å². The molecule has 0 aromatic heterocycles. The summed E-state index contributed by atoms with van der Waals surface area (Å²) in [4.78, 5) is 35.3. The smallest absolute Gasteiger partial charge is 0.338 e. The molecule has 0 atom stereocenters. The van der Waals surface area contributed by atoms with E-state index in [2.05, 4.69) is 10.6 Å². The Hall–Kier alpha value is -3.37. The van der Waals surface area contributed by atoms with Gasteiger partial charge in [0.15, 0.2) is 6.61 Å². The van der Waals surface area contributed by atoms with Crippen molar-refractivity contribution in [2.75, 3.05) is 17.2 Å². The van der Waals surface area contributed by atoms with E-state index < -0.39 is 24.4 Å². The summed E-state index contributed by atoms with van der Waals surface area (Å²) in [5, 5.41) is 14.2. The van der Waals surface area contributed by atoms with Crippen molar-refractivity contribution in [2.45, 2.75) is 13.3 Å². The molecule has 2 aromatic carbocycles. The number of aryl methyl sites for hydroxylation is 1. The molecular weight excluding hydrogens is 370 g/mol. The van der Waals surface area contributed by atoms with Gasteiger partial charge in [0.1, 0.15) is 6.42 Å². The number of hydrogen-bond acceptors (Lipinski definition) is 5. The van der Waals surface area contributed by atoms with Gasteiger partial charge in [0.2, 0.25) is 5.91 Å². The lowest BCUT2D eigenvalue weighted by molar-refractivity contribution is -0.119. The summed E-state index contributed by atoms with van der Waals surface area (Å²) in [5.74, 6) is -1.59. The van der Waals surface area contributed by atoms with Crippen molar-refractivity contribution in [3.8, 4) is 6.07 Å². The van der Waals surface area contributed by atoms with Crippen molar-refractivity contribution >= 4 is 40.8 Å². The van der Waals surface area contributed by atoms with Crippen LogP contribution in [0.25, 0.3) is 0 Å². The van der Waals surface area contributed by atoms with Crippen LogP contribution >= 0.6 is 11.6 Å². The number of nitrogens with zero attached hydrogens (tertiary/aromatic N) is 1. The molecule has 2 amide bonds. The minimum atomic E-state index is -0.673. The van der Waals surface area contributed by atoms with E-state index in [1.165, 1.54) is 24.3 Å². The van der Waals surface area contributed by atoms with Crippen LogP contribution in [0.1, 0.15) is 22.3 Å². The molecule has 0 aliphatic heterocycles. The Balaban J connectivity index is 1.86. The lowest BCUT2D eigenvalue weighted by atomic mass is 10.2. The van der Waals surface area contributed by atoms with Crippen LogP contribution in [0.3, 0.4) is 0 Å². The van der Waals surface area contributed by atoms with Crippen LogP contribution in [0.15, 0.2) is 42.5 Å². The van der Waals surface area contributed by atoms with Gasteiger partial charge in [-0.15, -0.1) is 0 Å². The van der Waals surface area contributed by atoms with Gasteiger partial charge in [-0.25, -0.2) is 4.79 Å². The minimum Gasteiger partial charge on any atom is -0.452 e. The number of nitrogens with one attached hydrogen (secondary N) is 2. The number of hydrogen-bond donors (Lipinski definition) is 2. The zero-order valence-corrected chi connectivity index (χ0v) is 15.2. The Morgan fingerprint density at radius 1 is 1.07 bits per heavy atom. The molecule has 7 nitrogen and oxygen atoms in total. The number of halogens is 1. The van der Waals surface area contributed by atoms with E-state index >= 15 is 0 Å². The second kappa shape index (κ2) is 9.36. The Morgan fingerprint density at radius 3 is 2.41 bits per heavy atom. The molecule has 0 aliphatic rings. The largest absolute Gasteiger partial charge is 0.452 e. The third-order valence-electron chi connectivity index (χ3n) is 3.44. The monoisotopic (exact) mass is 385 g/mol. The van der Waals surface area contributed by atoms with E-state index in [0.29, 0.717) is 16.4 Å². The first kappa shape index (κ1) is 19.9. The summed E-state index contributed by atoms with van der Waals surface area (Å²) < 4.78 is 4.98. The molecule has 2 rings (SSSR count). The van der Waals surface area contributed by atoms with E-state index in [9.17, 15) is 14.4 Å². The summed E-state index contributed by atoms with van der Waals surface area (Å²) in [6.45, 7) is 1.35. The molecule has 0 radical (unpaired) electrons. The highest BCUT2D eigenvalue weighted by Gasteiger charge is 2.12. The fraction of sp³-hybridized carbons (Fsp3) is 0.158. The highest BCUT2D eigenvalue weighted by atomic mass is 35.5. The van der Waals surface area contributed by atoms with Gasteiger partial charge >= 0.3 is 5.97 Å². The highest BCUT2D eigenvalue weighted by molar-refractivity contribution is 6.30. The molecule has 0 saturated heterocycles. The fourth-order valence-corrected chi connectivity index (χ4v) is 2.36. The van der Waals surface area contributed by atoms with Crippen molar-refractivity contribution in [3.05, 3.63) is 58.6 Å². The maximum absolute atomic E-state index is 12.0. The third-order valence-corrected chi connectivity index (χ3v) is 3.68. The van der Waals surface area contributed by atoms with Crippen LogP contribution < -0.4 is 10.6 Å². The van der Waals surface area contributed by atoms with Gasteiger partial charge < -0.3 is 15.4 Å². The standard InChI is InChI=1S/C19H16ClN3O4/c1-12-10-14(20)4-7-16(12)23-18(25)11-27-19(26)13-2-5-15(6-3-13)22-17(24)8-9-21/h2-7,10H,8,11H2,1H3,(H,22,24)(H,23,25). The first-order valence-corrected chi connectivity index (χ1v) is 8.27. The van der Waals surface area contributed by atoms with Crippen molar-refractivity contribution in [3.63, 3.8) is 0 Å². The third kappa shape index (κ3) is 6.13. The molecular formula is C19H16ClN3O4. The second-order valence-corrected chi connectivity index (χ2v) is 5.98. The van der Waals surface area contributed by atoms with Crippen LogP contribution in [-0.4, -0.2) is 24.4 Å². The highest BCUT2D eigenvalue weighted by Crippen LogP contribution is 2.19. The van der Waals surface area contributed by atoms with Crippen molar-refractivity contribution in [1.29, 1.82) is 5.26 Å². The number of ether oxygens (including phenoxy) is 1. The van der Waals surface area contributed by atoms with E-state index in [0.717, 1.165) is 5.56 Å². The Bertz CT molecular complexity index is 904. The molecule has 27 heavy (non-hydrogen) atoms. The SMILES string of the molecule is Cc1cc(Cl)ccc1NC(=O)COC(=O)c1ccc(NC(=O)CC#N)cc1. The Morgan fingerprint density at radius 2 is 1.78 bits per heavy atom. The minimum absolute atomic E-state index is 0.226. The van der Waals surface area contributed by atoms with E-state index in [1.54, 1.807) is 31.2 Å². The molecule has 0 fully saturated rings. The van der Waals surface area contributed by atoms with Crippen molar-refractivity contribution < 1.29 is 19.1 Å². The van der Waals surface area contributed by atoms with Gasteiger partial charge in [-0.05, 0) is 55.0 Å². The molecule has 0 heterocycles. The predicted molar refractivity (Wildman–Crippen MR) is 100 cm³/mol. The second-order valence-electron chi connectivity index (χ2n) is 5.54. The lowest BCUT2D eigenvalue weighted by Gasteiger charge is -2.09. The molecule has 0 unspecified atom stereocenters. The van der Waals surface area contributed by atoms with E-state index in [4.69, 9.17) is 21.6 Å². The fourth-order valence-electron chi connectivity index (χ4n) is 2.13. The lowest BCUT2D eigenvalue weighted by Crippen LogP contribution is -2.21. The number of amides is 2. The number of carbonyl (C=O) groups excluding carboxylic acids is 3. The van der Waals surface area contributed by atoms with Gasteiger partial charge in [0.05, 0.1) is 11.6 Å². The summed E-state index contributed by atoms with van der Waals surface area (Å²) in [6.07, 6.45) is -0.258. The maximum atomic E-state index is 12.0. The van der Waals surface area contributed by atoms with E-state index in [1.807, 2.05) is 0 Å². The Kier molecular flexibility index (Phi) is 6.92. The quantitative estimate of drug-likeness (QED) is 0.741. The maximum Gasteiger partial charge on any atom is 0.338 e. The van der Waals surface area contributed by atoms with Crippen LogP contribution in [-0.2, 0) is 14.3 Å². The van der Waals surface area contributed by atoms with Gasteiger partial charge in [-0.3, -0.25) is 9.59 Å². The average molecular weight is 386 g/mol. The topological polar surface area (TPSA) is 108 Å². The number of nitriles is 1. The summed E-state index contributed by atoms with van der Waals surface area (Å²) in [6, 6.07) is 12.7. The molecule has 0 saturated carbocycles. The first-order valence-electron chi connectivity index (χ1n) is 7.89. The zero-order chi connectivity index (χ0) is 19.8. The van der Waals surface area contributed by atoms with Crippen LogP contribution in [0.2, 0.25) is 5.02 Å². The van der Waals surface area contributed by atoms with Crippen LogP contribution in [0, 0.1) is 18.3 Å². The number of esters is 1. The van der Waals surface area contributed by atoms with Gasteiger partial charge in [0, 0.05) is 16.4 Å². The van der Waals surface area contributed by atoms with Gasteiger partial charge in [-0.2, -0.15) is 5.26 Å². The number of benzene rings is 2. The van der Waals surface area contributed by atoms with Crippen LogP contribution in [0.4, 0.5) is 11.4 Å². The summed E-state index contributed by atoms with van der Waals surface area (Å²) in [7, 11) is 0. The Labute approximate surface area is 160 Å². The predicted octanol–water partition coefficient (Wildman–Crippen LogP) is 3.30. The molecule has 0 bridgehead atoms. The normalized spacial score (nSPS) is 9.81. The molecule has 138 valence electrons. The first-order chi connectivity index (χ1) is 12.9. The zero-order valence-electron chi connectivity index (χ0n) is 14.4. The number of carbonyl (C=O) groups is 3. The van der Waals surface area contributed by atoms with E-state index in [-0.39, 0.29) is 12.0 Å². The van der Waals surface area contributed by atoms with Gasteiger partial charge in [-0.1, -0.05) is 11.6 Å². The van der Waals surface area contributed by atoms with Crippen LogP contribution in [0.5, 0.6) is 0 Å². The average Bonchev–Trinajstić information content (AvgIpc) is 2.63. The molecule has 0 spiro atoms. The molecule has 2 aromatic rings. The van der Waals surface area contributed by atoms with Gasteiger partial charge in [0.25, 0.3) is 5.91 Å². The summed E-state index contributed by atoms with van der Waals surface area (Å²) >= 11 is 5.86. The summed E-state index contributed by atoms with van der Waals surface area (Å²) in [5.41, 5.74) is 2.04. The number of rotatable bonds is 6. The molecule has 2 N–H and O–H groups in total. The molecule has 0 aliphatic carbocycles. The molecule has 8 heteroatoms. The van der Waals surface area contributed by atoms with Crippen molar-refractivity contribution in [1.82, 2.24) is 0 Å². The number of anilines is 2.